The monoisotopic (exact) mass is 494 g/mol. The Bertz CT molecular complexity index is 575. The van der Waals surface area contributed by atoms with Gasteiger partial charge in [-0.05, 0) is 45.4 Å². The maximum Gasteiger partial charge on any atom is 0.191 e. The lowest BCUT2D eigenvalue weighted by molar-refractivity contribution is -0.0967. The van der Waals surface area contributed by atoms with E-state index < -0.39 is 0 Å². The van der Waals surface area contributed by atoms with Crippen LogP contribution < -0.4 is 5.73 Å². The van der Waals surface area contributed by atoms with E-state index in [-0.39, 0.29) is 35.6 Å². The molecule has 148 valence electrons. The molecule has 1 heterocycles. The Kier molecular flexibility index (Phi) is 9.64. The van der Waals surface area contributed by atoms with Crippen molar-refractivity contribution in [2.24, 2.45) is 10.7 Å². The number of morpholine rings is 1. The van der Waals surface area contributed by atoms with Gasteiger partial charge in [-0.3, -0.25) is 9.89 Å². The lowest BCUT2D eigenvalue weighted by Crippen LogP contribution is -2.50. The van der Waals surface area contributed by atoms with Crippen LogP contribution in [0, 0.1) is 0 Å². The van der Waals surface area contributed by atoms with Crippen molar-refractivity contribution in [1.82, 2.24) is 9.80 Å². The second-order valence-electron chi connectivity index (χ2n) is 7.02. The molecule has 1 atom stereocenters. The van der Waals surface area contributed by atoms with Gasteiger partial charge in [0, 0.05) is 31.2 Å². The van der Waals surface area contributed by atoms with Crippen molar-refractivity contribution in [1.29, 1.82) is 0 Å². The van der Waals surface area contributed by atoms with Crippen molar-refractivity contribution in [3.63, 3.8) is 0 Å². The van der Waals surface area contributed by atoms with E-state index in [1.165, 1.54) is 5.56 Å². The largest absolute Gasteiger partial charge is 0.373 e. The zero-order valence-electron chi connectivity index (χ0n) is 16.2. The molecule has 26 heavy (non-hydrogen) atoms. The summed E-state index contributed by atoms with van der Waals surface area (Å²) in [6, 6.07) is 8.20. The van der Waals surface area contributed by atoms with Gasteiger partial charge in [0.2, 0.25) is 0 Å². The smallest absolute Gasteiger partial charge is 0.191 e. The van der Waals surface area contributed by atoms with Crippen molar-refractivity contribution < 1.29 is 4.74 Å². The molecule has 0 saturated carbocycles. The van der Waals surface area contributed by atoms with Gasteiger partial charge < -0.3 is 15.4 Å². The first kappa shape index (κ1) is 23.5. The predicted octanol–water partition coefficient (Wildman–Crippen LogP) is 3.77. The van der Waals surface area contributed by atoms with Crippen molar-refractivity contribution in [3.8, 4) is 0 Å². The maximum absolute atomic E-state index is 6.18. The first-order chi connectivity index (χ1) is 11.9. The Balaban J connectivity index is 0.00000338. The van der Waals surface area contributed by atoms with Gasteiger partial charge in [0.15, 0.2) is 5.96 Å². The third-order valence-electron chi connectivity index (χ3n) is 4.66. The number of halogens is 2. The minimum atomic E-state index is -0.156. The van der Waals surface area contributed by atoms with Crippen molar-refractivity contribution >= 4 is 41.5 Å². The zero-order chi connectivity index (χ0) is 18.4. The van der Waals surface area contributed by atoms with Crippen LogP contribution in [0.5, 0.6) is 0 Å². The molecule has 5 nitrogen and oxygen atoms in total. The number of ether oxygens (including phenoxy) is 1. The summed E-state index contributed by atoms with van der Waals surface area (Å²) in [5.41, 5.74) is 7.23. The van der Waals surface area contributed by atoms with Crippen LogP contribution in [0.15, 0.2) is 29.3 Å². The Hall–Kier alpha value is -0.570. The molecule has 1 aliphatic rings. The molecule has 1 aromatic rings. The summed E-state index contributed by atoms with van der Waals surface area (Å²) >= 11 is 6.07. The van der Waals surface area contributed by atoms with Crippen LogP contribution in [-0.2, 0) is 4.74 Å². The number of guanidine groups is 1. The minimum absolute atomic E-state index is 0. The first-order valence-electron chi connectivity index (χ1n) is 9.04. The number of nitrogens with two attached hydrogens (primary N) is 1. The molecule has 1 aliphatic heterocycles. The predicted molar refractivity (Wildman–Crippen MR) is 121 cm³/mol. The summed E-state index contributed by atoms with van der Waals surface area (Å²) in [5, 5.41) is 0.746. The van der Waals surface area contributed by atoms with Crippen molar-refractivity contribution in [3.05, 3.63) is 34.9 Å². The number of nitrogens with zero attached hydrogens (tertiary/aromatic N) is 3. The summed E-state index contributed by atoms with van der Waals surface area (Å²) in [6.07, 6.45) is 0. The molecular weight excluding hydrogens is 463 g/mol. The second kappa shape index (κ2) is 10.7. The summed E-state index contributed by atoms with van der Waals surface area (Å²) in [4.78, 5) is 9.20. The molecule has 0 aromatic heterocycles. The molecule has 1 unspecified atom stereocenters. The number of hydrogen-bond donors (Lipinski definition) is 1. The van der Waals surface area contributed by atoms with E-state index in [1.807, 2.05) is 12.1 Å². The number of aliphatic imine (C=N–C) groups is 1. The van der Waals surface area contributed by atoms with E-state index >= 15 is 0 Å². The van der Waals surface area contributed by atoms with Gasteiger partial charge in [0.1, 0.15) is 0 Å². The van der Waals surface area contributed by atoms with E-state index in [4.69, 9.17) is 27.1 Å². The SMILES string of the molecule is CCN(CC)C(N)=NCC(c1ccc(Cl)cc1)N1CCOC(C)(C)C1.I. The number of hydrogen-bond acceptors (Lipinski definition) is 3. The number of benzene rings is 1. The normalized spacial score (nSPS) is 18.9. The van der Waals surface area contributed by atoms with Crippen LogP contribution in [0.1, 0.15) is 39.3 Å². The number of rotatable bonds is 6. The van der Waals surface area contributed by atoms with Crippen LogP contribution >= 0.6 is 35.6 Å². The minimum Gasteiger partial charge on any atom is -0.373 e. The summed E-state index contributed by atoms with van der Waals surface area (Å²) < 4.78 is 5.87. The Morgan fingerprint density at radius 3 is 2.46 bits per heavy atom. The third kappa shape index (κ3) is 6.55. The highest BCUT2D eigenvalue weighted by Gasteiger charge is 2.32. The molecule has 1 fully saturated rings. The van der Waals surface area contributed by atoms with Crippen molar-refractivity contribution in [2.75, 3.05) is 39.3 Å². The highest BCUT2D eigenvalue weighted by Crippen LogP contribution is 2.28. The zero-order valence-corrected chi connectivity index (χ0v) is 19.3. The standard InChI is InChI=1S/C19H31ClN4O.HI/c1-5-23(6-2)18(21)22-13-17(15-7-9-16(20)10-8-15)24-11-12-25-19(3,4)14-24;/h7-10,17H,5-6,11-14H2,1-4H3,(H2,21,22);1H. The molecule has 7 heteroatoms. The van der Waals surface area contributed by atoms with Gasteiger partial charge in [-0.2, -0.15) is 0 Å². The van der Waals surface area contributed by atoms with E-state index in [0.29, 0.717) is 12.5 Å². The fourth-order valence-corrected chi connectivity index (χ4v) is 3.39. The molecule has 0 radical (unpaired) electrons. The summed E-state index contributed by atoms with van der Waals surface area (Å²) in [7, 11) is 0. The fourth-order valence-electron chi connectivity index (χ4n) is 3.26. The highest BCUT2D eigenvalue weighted by atomic mass is 127. The van der Waals surface area contributed by atoms with Crippen LogP contribution in [0.4, 0.5) is 0 Å². The molecule has 0 aliphatic carbocycles. The second-order valence-corrected chi connectivity index (χ2v) is 7.45. The lowest BCUT2D eigenvalue weighted by Gasteiger charge is -2.42. The van der Waals surface area contributed by atoms with Crippen LogP contribution in [-0.4, -0.2) is 60.7 Å². The Morgan fingerprint density at radius 2 is 1.92 bits per heavy atom. The van der Waals surface area contributed by atoms with E-state index in [9.17, 15) is 0 Å². The van der Waals surface area contributed by atoms with E-state index in [0.717, 1.165) is 37.8 Å². The maximum atomic E-state index is 6.18. The quantitative estimate of drug-likeness (QED) is 0.372. The van der Waals surface area contributed by atoms with Gasteiger partial charge in [-0.1, -0.05) is 23.7 Å². The van der Waals surface area contributed by atoms with Gasteiger partial charge in [0.25, 0.3) is 0 Å². The molecule has 0 spiro atoms. The van der Waals surface area contributed by atoms with Gasteiger partial charge in [-0.25, -0.2) is 0 Å². The average molecular weight is 495 g/mol. The fraction of sp³-hybridized carbons (Fsp3) is 0.632. The van der Waals surface area contributed by atoms with E-state index in [1.54, 1.807) is 0 Å². The molecule has 2 rings (SSSR count). The van der Waals surface area contributed by atoms with E-state index in [2.05, 4.69) is 49.6 Å². The van der Waals surface area contributed by atoms with Gasteiger partial charge in [-0.15, -0.1) is 24.0 Å². The average Bonchev–Trinajstić information content (AvgIpc) is 2.57. The molecule has 2 N–H and O–H groups in total. The van der Waals surface area contributed by atoms with Crippen LogP contribution in [0.25, 0.3) is 0 Å². The molecule has 0 amide bonds. The van der Waals surface area contributed by atoms with Crippen LogP contribution in [0.2, 0.25) is 5.02 Å². The third-order valence-corrected chi connectivity index (χ3v) is 4.92. The topological polar surface area (TPSA) is 54.1 Å². The first-order valence-corrected chi connectivity index (χ1v) is 9.42. The van der Waals surface area contributed by atoms with Gasteiger partial charge >= 0.3 is 0 Å². The Labute approximate surface area is 179 Å². The Morgan fingerprint density at radius 1 is 1.31 bits per heavy atom. The molecule has 0 bridgehead atoms. The molecular formula is C19H32ClIN4O. The lowest BCUT2D eigenvalue weighted by atomic mass is 10.0. The van der Waals surface area contributed by atoms with Gasteiger partial charge in [0.05, 0.1) is 24.8 Å². The van der Waals surface area contributed by atoms with Crippen LogP contribution in [0.3, 0.4) is 0 Å². The summed E-state index contributed by atoms with van der Waals surface area (Å²) in [5.74, 6) is 0.608. The van der Waals surface area contributed by atoms with Crippen molar-refractivity contribution in [2.45, 2.75) is 39.3 Å². The summed E-state index contributed by atoms with van der Waals surface area (Å²) in [6.45, 7) is 13.3. The highest BCUT2D eigenvalue weighted by molar-refractivity contribution is 14.0. The molecule has 1 saturated heterocycles. The molecule has 1 aromatic carbocycles.